The molecule has 1 unspecified atom stereocenters. The molecule has 1 atom stereocenters. The highest BCUT2D eigenvalue weighted by molar-refractivity contribution is 9.10. The van der Waals surface area contributed by atoms with Crippen LogP contribution >= 0.6 is 15.9 Å². The first-order valence-corrected chi connectivity index (χ1v) is 7.06. The number of carboxylic acids is 1. The Labute approximate surface area is 126 Å². The number of anilines is 1. The molecule has 1 amide bonds. The summed E-state index contributed by atoms with van der Waals surface area (Å²) in [6.07, 6.45) is 2.74. The first-order chi connectivity index (χ1) is 9.37. The van der Waals surface area contributed by atoms with Crippen LogP contribution in [0.4, 0.5) is 5.82 Å². The average molecular weight is 344 g/mol. The molecule has 0 aromatic carbocycles. The lowest BCUT2D eigenvalue weighted by molar-refractivity contribution is -0.144. The number of pyridine rings is 1. The van der Waals surface area contributed by atoms with Crippen molar-refractivity contribution in [2.24, 2.45) is 0 Å². The predicted octanol–water partition coefficient (Wildman–Crippen LogP) is 2.02. The van der Waals surface area contributed by atoms with E-state index in [4.69, 9.17) is 0 Å². The number of hydrogen-bond acceptors (Lipinski definition) is 4. The number of aliphatic carboxylic acids is 1. The fourth-order valence-corrected chi connectivity index (χ4v) is 1.92. The van der Waals surface area contributed by atoms with Gasteiger partial charge in [0.25, 0.3) is 0 Å². The molecule has 0 radical (unpaired) electrons. The minimum atomic E-state index is -1.10. The maximum atomic E-state index is 11.8. The molecule has 0 aliphatic carbocycles. The lowest BCUT2D eigenvalue weighted by Gasteiger charge is -2.25. The summed E-state index contributed by atoms with van der Waals surface area (Å²) >= 11 is 3.25. The highest BCUT2D eigenvalue weighted by Gasteiger charge is 2.31. The monoisotopic (exact) mass is 343 g/mol. The Morgan fingerprint density at radius 1 is 1.45 bits per heavy atom. The van der Waals surface area contributed by atoms with Gasteiger partial charge in [-0.25, -0.2) is 4.98 Å². The van der Waals surface area contributed by atoms with Gasteiger partial charge >= 0.3 is 5.97 Å². The molecule has 3 N–H and O–H groups in total. The first-order valence-electron chi connectivity index (χ1n) is 6.27. The van der Waals surface area contributed by atoms with Crippen LogP contribution in [0.25, 0.3) is 0 Å². The van der Waals surface area contributed by atoms with Crippen LogP contribution in [0.1, 0.15) is 26.7 Å². The van der Waals surface area contributed by atoms with Gasteiger partial charge in [-0.1, -0.05) is 13.3 Å². The molecule has 0 spiro atoms. The lowest BCUT2D eigenvalue weighted by atomic mass is 9.96. The van der Waals surface area contributed by atoms with Crippen molar-refractivity contribution in [3.8, 4) is 0 Å². The minimum Gasteiger partial charge on any atom is -0.480 e. The van der Waals surface area contributed by atoms with Gasteiger partial charge in [0.2, 0.25) is 5.91 Å². The molecule has 110 valence electrons. The number of amides is 1. The van der Waals surface area contributed by atoms with Crippen LogP contribution in [0.2, 0.25) is 0 Å². The van der Waals surface area contributed by atoms with Gasteiger partial charge in [0, 0.05) is 10.7 Å². The number of carbonyl (C=O) groups excluding carboxylic acids is 1. The maximum Gasteiger partial charge on any atom is 0.323 e. The van der Waals surface area contributed by atoms with E-state index in [2.05, 4.69) is 31.5 Å². The van der Waals surface area contributed by atoms with E-state index in [9.17, 15) is 14.7 Å². The molecule has 0 fully saturated rings. The fraction of sp³-hybridized carbons (Fsp3) is 0.462. The molecule has 1 aromatic rings. The smallest absolute Gasteiger partial charge is 0.323 e. The number of halogens is 1. The summed E-state index contributed by atoms with van der Waals surface area (Å²) in [5, 5.41) is 14.6. The first kappa shape index (κ1) is 16.6. The van der Waals surface area contributed by atoms with Gasteiger partial charge in [-0.3, -0.25) is 14.9 Å². The third-order valence-corrected chi connectivity index (χ3v) is 3.33. The predicted molar refractivity (Wildman–Crippen MR) is 79.5 cm³/mol. The van der Waals surface area contributed by atoms with Crippen LogP contribution in [0.5, 0.6) is 0 Å². The molecule has 1 heterocycles. The Kier molecular flexibility index (Phi) is 6.09. The number of aromatic nitrogens is 1. The van der Waals surface area contributed by atoms with Crippen molar-refractivity contribution < 1.29 is 14.7 Å². The molecule has 0 aliphatic heterocycles. The summed E-state index contributed by atoms with van der Waals surface area (Å²) in [4.78, 5) is 27.0. The highest BCUT2D eigenvalue weighted by Crippen LogP contribution is 2.13. The van der Waals surface area contributed by atoms with Gasteiger partial charge in [-0.15, -0.1) is 0 Å². The molecule has 6 nitrogen and oxygen atoms in total. The SMILES string of the molecule is CCCC(C)(NCC(=O)Nc1ccc(Br)cn1)C(=O)O. The molecular weight excluding hydrogens is 326 g/mol. The number of nitrogens with zero attached hydrogens (tertiary/aromatic N) is 1. The van der Waals surface area contributed by atoms with Gasteiger partial charge in [0.15, 0.2) is 0 Å². The van der Waals surface area contributed by atoms with Crippen LogP contribution in [0.15, 0.2) is 22.8 Å². The Morgan fingerprint density at radius 3 is 2.65 bits per heavy atom. The Bertz CT molecular complexity index is 478. The number of nitrogens with one attached hydrogen (secondary N) is 2. The van der Waals surface area contributed by atoms with Crippen molar-refractivity contribution in [1.29, 1.82) is 0 Å². The fourth-order valence-electron chi connectivity index (χ4n) is 1.68. The van der Waals surface area contributed by atoms with Gasteiger partial charge in [0.05, 0.1) is 6.54 Å². The molecule has 20 heavy (non-hydrogen) atoms. The summed E-state index contributed by atoms with van der Waals surface area (Å²) in [5.41, 5.74) is -1.10. The van der Waals surface area contributed by atoms with E-state index in [1.807, 2.05) is 6.92 Å². The summed E-state index contributed by atoms with van der Waals surface area (Å²) in [6.45, 7) is 3.39. The van der Waals surface area contributed by atoms with Crippen LogP contribution in [0.3, 0.4) is 0 Å². The third-order valence-electron chi connectivity index (χ3n) is 2.86. The molecule has 0 bridgehead atoms. The van der Waals surface area contributed by atoms with Crippen molar-refractivity contribution >= 4 is 33.6 Å². The lowest BCUT2D eigenvalue weighted by Crippen LogP contribution is -2.51. The van der Waals surface area contributed by atoms with Crippen LogP contribution < -0.4 is 10.6 Å². The van der Waals surface area contributed by atoms with E-state index in [1.165, 1.54) is 0 Å². The van der Waals surface area contributed by atoms with E-state index in [1.54, 1.807) is 25.3 Å². The summed E-state index contributed by atoms with van der Waals surface area (Å²) in [5.74, 6) is -0.871. The van der Waals surface area contributed by atoms with Crippen LogP contribution in [0, 0.1) is 0 Å². The van der Waals surface area contributed by atoms with Crippen LogP contribution in [-0.4, -0.2) is 34.1 Å². The zero-order valence-corrected chi connectivity index (χ0v) is 13.0. The number of carbonyl (C=O) groups is 2. The normalized spacial score (nSPS) is 13.6. The second kappa shape index (κ2) is 7.35. The van der Waals surface area contributed by atoms with Crippen molar-refractivity contribution in [2.75, 3.05) is 11.9 Å². The largest absolute Gasteiger partial charge is 0.480 e. The quantitative estimate of drug-likeness (QED) is 0.704. The molecule has 0 aliphatic rings. The molecule has 0 saturated carbocycles. The molecule has 7 heteroatoms. The zero-order valence-electron chi connectivity index (χ0n) is 11.4. The molecule has 1 rings (SSSR count). The van der Waals surface area contributed by atoms with E-state index in [0.717, 1.165) is 4.47 Å². The molecular formula is C13H18BrN3O3. The number of hydrogen-bond donors (Lipinski definition) is 3. The van der Waals surface area contributed by atoms with Gasteiger partial charge in [-0.2, -0.15) is 0 Å². The second-order valence-corrected chi connectivity index (χ2v) is 5.57. The maximum absolute atomic E-state index is 11.8. The second-order valence-electron chi connectivity index (χ2n) is 4.65. The van der Waals surface area contributed by atoms with E-state index in [-0.39, 0.29) is 12.5 Å². The van der Waals surface area contributed by atoms with Gasteiger partial charge in [0.1, 0.15) is 11.4 Å². The van der Waals surface area contributed by atoms with Gasteiger partial charge < -0.3 is 10.4 Å². The van der Waals surface area contributed by atoms with E-state index >= 15 is 0 Å². The van der Waals surface area contributed by atoms with Crippen molar-refractivity contribution in [3.63, 3.8) is 0 Å². The Balaban J connectivity index is 2.54. The Hall–Kier alpha value is -1.47. The van der Waals surface area contributed by atoms with Crippen molar-refractivity contribution in [2.45, 2.75) is 32.2 Å². The third kappa shape index (κ3) is 4.90. The molecule has 1 aromatic heterocycles. The zero-order chi connectivity index (χ0) is 15.2. The highest BCUT2D eigenvalue weighted by atomic mass is 79.9. The number of rotatable bonds is 7. The summed E-state index contributed by atoms with van der Waals surface area (Å²) < 4.78 is 0.815. The minimum absolute atomic E-state index is 0.0828. The summed E-state index contributed by atoms with van der Waals surface area (Å²) in [6, 6.07) is 3.42. The summed E-state index contributed by atoms with van der Waals surface area (Å²) in [7, 11) is 0. The standard InChI is InChI=1S/C13H18BrN3O3/c1-3-6-13(2,12(19)20)16-8-11(18)17-10-5-4-9(14)7-15-10/h4-5,7,16H,3,6,8H2,1-2H3,(H,19,20)(H,15,17,18). The topological polar surface area (TPSA) is 91.3 Å². The van der Waals surface area contributed by atoms with Crippen molar-refractivity contribution in [3.05, 3.63) is 22.8 Å². The Morgan fingerprint density at radius 2 is 2.15 bits per heavy atom. The number of carboxylic acid groups (broad SMARTS) is 1. The molecule has 0 saturated heterocycles. The van der Waals surface area contributed by atoms with E-state index in [0.29, 0.717) is 18.7 Å². The van der Waals surface area contributed by atoms with Crippen LogP contribution in [-0.2, 0) is 9.59 Å². The van der Waals surface area contributed by atoms with E-state index < -0.39 is 11.5 Å². The average Bonchev–Trinajstić information content (AvgIpc) is 2.39. The van der Waals surface area contributed by atoms with Crippen molar-refractivity contribution in [1.82, 2.24) is 10.3 Å². The van der Waals surface area contributed by atoms with Gasteiger partial charge in [-0.05, 0) is 41.4 Å².